The third-order valence-electron chi connectivity index (χ3n) is 7.94. The molecule has 0 unspecified atom stereocenters. The lowest BCUT2D eigenvalue weighted by molar-refractivity contribution is -0.384. The van der Waals surface area contributed by atoms with E-state index < -0.39 is 4.92 Å². The standard InChI is InChI=1S/C25H27N3O3/c1-25-13-12-21-20-9-7-19(29)14-17(20)4-8-22(21)23(25)10-11-24(25)27-26-15-16-2-5-18(6-3-16)28(30)31/h2-3,5-7,9,14-15,21-23,29H,4,8,10-13H2,1H3/b26-15-,27-24-/t21-,22+,23-,25+/m1/s1. The van der Waals surface area contributed by atoms with Crippen LogP contribution in [0.5, 0.6) is 5.75 Å². The topological polar surface area (TPSA) is 88.1 Å². The van der Waals surface area contributed by atoms with Crippen LogP contribution in [0.1, 0.15) is 61.6 Å². The number of non-ortho nitro benzene ring substituents is 1. The first-order valence-electron chi connectivity index (χ1n) is 11.1. The number of rotatable bonds is 3. The van der Waals surface area contributed by atoms with E-state index in [9.17, 15) is 15.2 Å². The Morgan fingerprint density at radius 1 is 1.13 bits per heavy atom. The molecule has 0 radical (unpaired) electrons. The van der Waals surface area contributed by atoms with Crippen LogP contribution in [0.15, 0.2) is 52.7 Å². The molecule has 160 valence electrons. The van der Waals surface area contributed by atoms with Crippen LogP contribution in [0, 0.1) is 27.4 Å². The molecule has 0 amide bonds. The van der Waals surface area contributed by atoms with E-state index in [1.54, 1.807) is 18.3 Å². The maximum absolute atomic E-state index is 10.8. The number of nitro benzene ring substituents is 1. The van der Waals surface area contributed by atoms with Crippen molar-refractivity contribution in [1.29, 1.82) is 0 Å². The molecule has 2 fully saturated rings. The van der Waals surface area contributed by atoms with Gasteiger partial charge in [0.15, 0.2) is 0 Å². The molecule has 0 aliphatic heterocycles. The summed E-state index contributed by atoms with van der Waals surface area (Å²) in [5.41, 5.74) is 4.96. The normalized spacial score (nSPS) is 30.7. The maximum Gasteiger partial charge on any atom is 0.269 e. The molecule has 2 aromatic carbocycles. The van der Waals surface area contributed by atoms with Crippen molar-refractivity contribution in [2.45, 2.75) is 51.4 Å². The molecule has 5 rings (SSSR count). The third kappa shape index (κ3) is 3.44. The number of phenols is 1. The fraction of sp³-hybridized carbons (Fsp3) is 0.440. The summed E-state index contributed by atoms with van der Waals surface area (Å²) in [7, 11) is 0. The highest BCUT2D eigenvalue weighted by Crippen LogP contribution is 2.60. The first kappa shape index (κ1) is 19.9. The molecule has 0 saturated heterocycles. The zero-order valence-corrected chi connectivity index (χ0v) is 17.7. The number of aryl methyl sites for hydroxylation is 1. The molecule has 1 N–H and O–H groups in total. The summed E-state index contributed by atoms with van der Waals surface area (Å²) in [4.78, 5) is 10.4. The molecule has 2 saturated carbocycles. The van der Waals surface area contributed by atoms with Gasteiger partial charge < -0.3 is 5.11 Å². The lowest BCUT2D eigenvalue weighted by atomic mass is 9.55. The average Bonchev–Trinajstić information content (AvgIpc) is 3.10. The Kier molecular flexibility index (Phi) is 4.88. The monoisotopic (exact) mass is 417 g/mol. The van der Waals surface area contributed by atoms with Crippen LogP contribution in [0.3, 0.4) is 0 Å². The van der Waals surface area contributed by atoms with E-state index in [1.165, 1.54) is 35.4 Å². The third-order valence-corrected chi connectivity index (χ3v) is 7.94. The first-order valence-corrected chi connectivity index (χ1v) is 11.1. The van der Waals surface area contributed by atoms with E-state index in [-0.39, 0.29) is 11.1 Å². The number of hydrogen-bond acceptors (Lipinski definition) is 5. The Labute approximate surface area is 181 Å². The first-order chi connectivity index (χ1) is 15.0. The van der Waals surface area contributed by atoms with Crippen molar-refractivity contribution in [3.63, 3.8) is 0 Å². The zero-order chi connectivity index (χ0) is 21.6. The van der Waals surface area contributed by atoms with E-state index in [2.05, 4.69) is 23.2 Å². The van der Waals surface area contributed by atoms with Gasteiger partial charge in [-0.3, -0.25) is 10.1 Å². The number of nitro groups is 1. The highest BCUT2D eigenvalue weighted by molar-refractivity contribution is 5.93. The summed E-state index contributed by atoms with van der Waals surface area (Å²) in [6.07, 6.45) is 8.33. The number of fused-ring (bicyclic) bond motifs is 5. The molecule has 0 bridgehead atoms. The van der Waals surface area contributed by atoms with Crippen LogP contribution in [0.4, 0.5) is 5.69 Å². The van der Waals surface area contributed by atoms with Crippen molar-refractivity contribution in [2.75, 3.05) is 0 Å². The molecule has 0 heterocycles. The molecule has 3 aliphatic rings. The predicted octanol–water partition coefficient (Wildman–Crippen LogP) is 5.63. The number of aromatic hydroxyl groups is 1. The maximum atomic E-state index is 10.8. The van der Waals surface area contributed by atoms with Gasteiger partial charge in [0.2, 0.25) is 0 Å². The second kappa shape index (κ2) is 7.59. The Bertz CT molecular complexity index is 1080. The van der Waals surface area contributed by atoms with Gasteiger partial charge in [-0.2, -0.15) is 10.2 Å². The lowest BCUT2D eigenvalue weighted by Gasteiger charge is -2.49. The molecule has 3 aliphatic carbocycles. The lowest BCUT2D eigenvalue weighted by Crippen LogP contribution is -2.42. The predicted molar refractivity (Wildman–Crippen MR) is 121 cm³/mol. The van der Waals surface area contributed by atoms with Crippen LogP contribution in [-0.4, -0.2) is 22.0 Å². The fourth-order valence-corrected chi connectivity index (χ4v) is 6.37. The van der Waals surface area contributed by atoms with Crippen molar-refractivity contribution in [3.05, 3.63) is 69.3 Å². The summed E-state index contributed by atoms with van der Waals surface area (Å²) in [5.74, 6) is 2.26. The summed E-state index contributed by atoms with van der Waals surface area (Å²) in [5, 5.41) is 29.6. The van der Waals surface area contributed by atoms with Gasteiger partial charge in [-0.15, -0.1) is 0 Å². The summed E-state index contributed by atoms with van der Waals surface area (Å²) >= 11 is 0. The second-order valence-corrected chi connectivity index (χ2v) is 9.43. The van der Waals surface area contributed by atoms with Crippen molar-refractivity contribution in [2.24, 2.45) is 27.5 Å². The molecule has 2 aromatic rings. The smallest absolute Gasteiger partial charge is 0.269 e. The van der Waals surface area contributed by atoms with Crippen molar-refractivity contribution in [3.8, 4) is 5.75 Å². The van der Waals surface area contributed by atoms with E-state index in [0.717, 1.165) is 37.7 Å². The van der Waals surface area contributed by atoms with Crippen molar-refractivity contribution < 1.29 is 10.0 Å². The van der Waals surface area contributed by atoms with Gasteiger partial charge in [0.1, 0.15) is 5.75 Å². The summed E-state index contributed by atoms with van der Waals surface area (Å²) in [6, 6.07) is 12.3. The van der Waals surface area contributed by atoms with Crippen LogP contribution in [0.2, 0.25) is 0 Å². The Balaban J connectivity index is 1.34. The fourth-order valence-electron chi connectivity index (χ4n) is 6.37. The van der Waals surface area contributed by atoms with E-state index >= 15 is 0 Å². The van der Waals surface area contributed by atoms with Crippen molar-refractivity contribution >= 4 is 17.6 Å². The Morgan fingerprint density at radius 3 is 2.71 bits per heavy atom. The van der Waals surface area contributed by atoms with Crippen LogP contribution >= 0.6 is 0 Å². The number of hydrogen-bond donors (Lipinski definition) is 1. The van der Waals surface area contributed by atoms with Gasteiger partial charge in [-0.25, -0.2) is 0 Å². The molecule has 0 spiro atoms. The second-order valence-electron chi connectivity index (χ2n) is 9.43. The molecule has 6 heteroatoms. The van der Waals surface area contributed by atoms with Gasteiger partial charge >= 0.3 is 0 Å². The molecular formula is C25H27N3O3. The number of benzene rings is 2. The van der Waals surface area contributed by atoms with Gasteiger partial charge in [0, 0.05) is 23.3 Å². The quantitative estimate of drug-likeness (QED) is 0.399. The highest BCUT2D eigenvalue weighted by Gasteiger charge is 2.53. The van der Waals surface area contributed by atoms with Crippen LogP contribution < -0.4 is 0 Å². The SMILES string of the molecule is C[C@]12CC[C@@H]3c4ccc(O)cc4CC[C@@H]3[C@H]1CC/C2=N/N=C\c1ccc([N+](=O)[O-])cc1. The number of phenolic OH excluding ortho intramolecular Hbond substituents is 1. The molecule has 0 aromatic heterocycles. The summed E-state index contributed by atoms with van der Waals surface area (Å²) < 4.78 is 0. The minimum absolute atomic E-state index is 0.0793. The molecular weight excluding hydrogens is 390 g/mol. The number of nitrogens with zero attached hydrogens (tertiary/aromatic N) is 3. The molecule has 4 atom stereocenters. The van der Waals surface area contributed by atoms with Gasteiger partial charge in [-0.05, 0) is 97.2 Å². The van der Waals surface area contributed by atoms with Crippen LogP contribution in [0.25, 0.3) is 0 Å². The highest BCUT2D eigenvalue weighted by atomic mass is 16.6. The van der Waals surface area contributed by atoms with Gasteiger partial charge in [0.05, 0.1) is 11.1 Å². The van der Waals surface area contributed by atoms with E-state index in [0.29, 0.717) is 23.5 Å². The largest absolute Gasteiger partial charge is 0.508 e. The minimum atomic E-state index is -0.399. The van der Waals surface area contributed by atoms with Gasteiger partial charge in [0.25, 0.3) is 5.69 Å². The summed E-state index contributed by atoms with van der Waals surface area (Å²) in [6.45, 7) is 2.37. The Morgan fingerprint density at radius 2 is 1.94 bits per heavy atom. The van der Waals surface area contributed by atoms with E-state index in [1.807, 2.05) is 12.1 Å². The van der Waals surface area contributed by atoms with Gasteiger partial charge in [-0.1, -0.05) is 13.0 Å². The van der Waals surface area contributed by atoms with Crippen molar-refractivity contribution in [1.82, 2.24) is 0 Å². The molecule has 31 heavy (non-hydrogen) atoms. The van der Waals surface area contributed by atoms with Crippen LogP contribution in [-0.2, 0) is 6.42 Å². The molecule has 6 nitrogen and oxygen atoms in total. The Hall–Kier alpha value is -3.02. The zero-order valence-electron chi connectivity index (χ0n) is 17.7. The van der Waals surface area contributed by atoms with E-state index in [4.69, 9.17) is 0 Å². The minimum Gasteiger partial charge on any atom is -0.508 e. The average molecular weight is 418 g/mol.